The molecule has 0 aliphatic rings. The predicted molar refractivity (Wildman–Crippen MR) is 61.2 cm³/mol. The van der Waals surface area contributed by atoms with Crippen molar-refractivity contribution in [3.63, 3.8) is 0 Å². The van der Waals surface area contributed by atoms with Gasteiger partial charge in [-0.1, -0.05) is 6.92 Å². The first-order chi connectivity index (χ1) is 7.22. The molecule has 0 saturated heterocycles. The molecule has 80 valence electrons. The summed E-state index contributed by atoms with van der Waals surface area (Å²) in [6, 6.07) is 5.44. The fourth-order valence-electron chi connectivity index (χ4n) is 1.13. The zero-order valence-electron chi connectivity index (χ0n) is 8.71. The number of nitriles is 1. The number of hydrogen-bond donors (Lipinski definition) is 0. The van der Waals surface area contributed by atoms with Crippen LogP contribution in [-0.2, 0) is 0 Å². The van der Waals surface area contributed by atoms with Gasteiger partial charge in [0.15, 0.2) is 11.5 Å². The standard InChI is InChI=1S/C11H12BrNO2/c1-3-4-15-11-9(12)5-8(7-13)6-10(11)14-2/h5-6H,3-4H2,1-2H3. The van der Waals surface area contributed by atoms with Crippen LogP contribution in [0.1, 0.15) is 18.9 Å². The highest BCUT2D eigenvalue weighted by molar-refractivity contribution is 9.10. The maximum absolute atomic E-state index is 8.78. The summed E-state index contributed by atoms with van der Waals surface area (Å²) in [6.07, 6.45) is 0.926. The van der Waals surface area contributed by atoms with Gasteiger partial charge in [0.05, 0.1) is 29.8 Å². The quantitative estimate of drug-likeness (QED) is 0.844. The first-order valence-corrected chi connectivity index (χ1v) is 5.42. The molecular weight excluding hydrogens is 258 g/mol. The van der Waals surface area contributed by atoms with Gasteiger partial charge in [-0.05, 0) is 28.4 Å². The zero-order valence-corrected chi connectivity index (χ0v) is 10.3. The lowest BCUT2D eigenvalue weighted by atomic mass is 10.2. The van der Waals surface area contributed by atoms with E-state index < -0.39 is 0 Å². The maximum Gasteiger partial charge on any atom is 0.175 e. The molecule has 0 aliphatic heterocycles. The number of hydrogen-bond acceptors (Lipinski definition) is 3. The van der Waals surface area contributed by atoms with Gasteiger partial charge in [-0.15, -0.1) is 0 Å². The third-order valence-electron chi connectivity index (χ3n) is 1.81. The normalized spacial score (nSPS) is 9.47. The average Bonchev–Trinajstić information content (AvgIpc) is 2.26. The van der Waals surface area contributed by atoms with Crippen LogP contribution in [0, 0.1) is 11.3 Å². The van der Waals surface area contributed by atoms with Crippen LogP contribution >= 0.6 is 15.9 Å². The van der Waals surface area contributed by atoms with E-state index in [0.29, 0.717) is 23.7 Å². The summed E-state index contributed by atoms with van der Waals surface area (Å²) in [5, 5.41) is 8.78. The molecule has 1 rings (SSSR count). The average molecular weight is 270 g/mol. The minimum Gasteiger partial charge on any atom is -0.493 e. The monoisotopic (exact) mass is 269 g/mol. The van der Waals surface area contributed by atoms with Gasteiger partial charge in [-0.2, -0.15) is 5.26 Å². The highest BCUT2D eigenvalue weighted by atomic mass is 79.9. The fourth-order valence-corrected chi connectivity index (χ4v) is 1.69. The van der Waals surface area contributed by atoms with E-state index in [0.717, 1.165) is 10.9 Å². The van der Waals surface area contributed by atoms with Crippen LogP contribution in [-0.4, -0.2) is 13.7 Å². The van der Waals surface area contributed by atoms with Crippen LogP contribution < -0.4 is 9.47 Å². The second-order valence-corrected chi connectivity index (χ2v) is 3.80. The van der Waals surface area contributed by atoms with Gasteiger partial charge in [0.1, 0.15) is 0 Å². The molecule has 1 aromatic carbocycles. The maximum atomic E-state index is 8.78. The van der Waals surface area contributed by atoms with E-state index in [-0.39, 0.29) is 0 Å². The molecule has 3 nitrogen and oxygen atoms in total. The van der Waals surface area contributed by atoms with Gasteiger partial charge in [-0.3, -0.25) is 0 Å². The van der Waals surface area contributed by atoms with Crippen molar-refractivity contribution in [2.24, 2.45) is 0 Å². The molecule has 0 saturated carbocycles. The molecule has 0 fully saturated rings. The van der Waals surface area contributed by atoms with Crippen molar-refractivity contribution >= 4 is 15.9 Å². The number of methoxy groups -OCH3 is 1. The Hall–Kier alpha value is -1.21. The van der Waals surface area contributed by atoms with E-state index in [1.54, 1.807) is 19.2 Å². The Kier molecular flexibility index (Phi) is 4.44. The van der Waals surface area contributed by atoms with Crippen LogP contribution in [0.2, 0.25) is 0 Å². The van der Waals surface area contributed by atoms with Crippen molar-refractivity contribution in [1.29, 1.82) is 5.26 Å². The minimum atomic E-state index is 0.544. The van der Waals surface area contributed by atoms with Gasteiger partial charge in [-0.25, -0.2) is 0 Å². The molecule has 0 spiro atoms. The SMILES string of the molecule is CCCOc1c(Br)cc(C#N)cc1OC. The summed E-state index contributed by atoms with van der Waals surface area (Å²) < 4.78 is 11.4. The van der Waals surface area contributed by atoms with E-state index in [1.165, 1.54) is 0 Å². The third-order valence-corrected chi connectivity index (χ3v) is 2.40. The van der Waals surface area contributed by atoms with Gasteiger partial charge in [0.25, 0.3) is 0 Å². The Balaban J connectivity index is 3.08. The fraction of sp³-hybridized carbons (Fsp3) is 0.364. The summed E-state index contributed by atoms with van der Waals surface area (Å²) in [6.45, 7) is 2.66. The smallest absolute Gasteiger partial charge is 0.175 e. The molecular formula is C11H12BrNO2. The van der Waals surface area contributed by atoms with Crippen LogP contribution in [0.3, 0.4) is 0 Å². The molecule has 0 amide bonds. The first-order valence-electron chi connectivity index (χ1n) is 4.63. The van der Waals surface area contributed by atoms with Crippen molar-refractivity contribution in [2.45, 2.75) is 13.3 Å². The number of rotatable bonds is 4. The molecule has 0 unspecified atom stereocenters. The molecule has 0 atom stereocenters. The predicted octanol–water partition coefficient (Wildman–Crippen LogP) is 3.12. The lowest BCUT2D eigenvalue weighted by molar-refractivity contribution is 0.292. The lowest BCUT2D eigenvalue weighted by Gasteiger charge is -2.11. The minimum absolute atomic E-state index is 0.544. The number of halogens is 1. The Morgan fingerprint density at radius 1 is 1.47 bits per heavy atom. The van der Waals surface area contributed by atoms with E-state index >= 15 is 0 Å². The van der Waals surface area contributed by atoms with Crippen molar-refractivity contribution in [3.8, 4) is 17.6 Å². The molecule has 0 aliphatic carbocycles. The molecule has 0 bridgehead atoms. The van der Waals surface area contributed by atoms with Crippen molar-refractivity contribution < 1.29 is 9.47 Å². The molecule has 4 heteroatoms. The van der Waals surface area contributed by atoms with Gasteiger partial charge >= 0.3 is 0 Å². The highest BCUT2D eigenvalue weighted by Crippen LogP contribution is 2.36. The summed E-state index contributed by atoms with van der Waals surface area (Å²) in [4.78, 5) is 0. The second kappa shape index (κ2) is 5.62. The summed E-state index contributed by atoms with van der Waals surface area (Å²) >= 11 is 3.35. The molecule has 0 aromatic heterocycles. The number of ether oxygens (including phenoxy) is 2. The van der Waals surface area contributed by atoms with Crippen molar-refractivity contribution in [3.05, 3.63) is 22.2 Å². The van der Waals surface area contributed by atoms with Crippen LogP contribution in [0.25, 0.3) is 0 Å². The lowest BCUT2D eigenvalue weighted by Crippen LogP contribution is -1.99. The Morgan fingerprint density at radius 2 is 2.20 bits per heavy atom. The van der Waals surface area contributed by atoms with E-state index in [2.05, 4.69) is 22.0 Å². The Morgan fingerprint density at radius 3 is 2.73 bits per heavy atom. The second-order valence-electron chi connectivity index (χ2n) is 2.95. The summed E-state index contributed by atoms with van der Waals surface area (Å²) in [7, 11) is 1.56. The molecule has 15 heavy (non-hydrogen) atoms. The zero-order chi connectivity index (χ0) is 11.3. The van der Waals surface area contributed by atoms with Crippen molar-refractivity contribution in [2.75, 3.05) is 13.7 Å². The summed E-state index contributed by atoms with van der Waals surface area (Å²) in [5.74, 6) is 1.23. The van der Waals surface area contributed by atoms with Gasteiger partial charge in [0.2, 0.25) is 0 Å². The Bertz CT molecular complexity index is 385. The number of benzene rings is 1. The largest absolute Gasteiger partial charge is 0.493 e. The molecule has 0 radical (unpaired) electrons. The van der Waals surface area contributed by atoms with Crippen molar-refractivity contribution in [1.82, 2.24) is 0 Å². The topological polar surface area (TPSA) is 42.2 Å². The number of nitrogens with zero attached hydrogens (tertiary/aromatic N) is 1. The molecule has 0 heterocycles. The van der Waals surface area contributed by atoms with Crippen LogP contribution in [0.15, 0.2) is 16.6 Å². The van der Waals surface area contributed by atoms with Crippen LogP contribution in [0.5, 0.6) is 11.5 Å². The van der Waals surface area contributed by atoms with E-state index in [1.807, 2.05) is 6.92 Å². The van der Waals surface area contributed by atoms with E-state index in [4.69, 9.17) is 14.7 Å². The molecule has 0 N–H and O–H groups in total. The van der Waals surface area contributed by atoms with E-state index in [9.17, 15) is 0 Å². The first kappa shape index (κ1) is 11.9. The third kappa shape index (κ3) is 2.87. The van der Waals surface area contributed by atoms with Gasteiger partial charge in [0, 0.05) is 6.07 Å². The highest BCUT2D eigenvalue weighted by Gasteiger charge is 2.10. The van der Waals surface area contributed by atoms with Gasteiger partial charge < -0.3 is 9.47 Å². The summed E-state index contributed by atoms with van der Waals surface area (Å²) in [5.41, 5.74) is 0.544. The molecule has 1 aromatic rings. The Labute approximate surface area is 97.7 Å². The van der Waals surface area contributed by atoms with Crippen LogP contribution in [0.4, 0.5) is 0 Å².